The molecule has 134 valence electrons. The van der Waals surface area contributed by atoms with Crippen LogP contribution in [0, 0.1) is 0 Å². The number of thioether (sulfide) groups is 1. The lowest BCUT2D eigenvalue weighted by atomic mass is 10.1. The van der Waals surface area contributed by atoms with Gasteiger partial charge in [0.1, 0.15) is 22.7 Å². The number of benzene rings is 2. The molecule has 1 fully saturated rings. The van der Waals surface area contributed by atoms with E-state index in [1.807, 2.05) is 47.4 Å². The van der Waals surface area contributed by atoms with Crippen LogP contribution in [0.25, 0.3) is 11.0 Å². The highest BCUT2D eigenvalue weighted by Gasteiger charge is 2.34. The van der Waals surface area contributed by atoms with E-state index in [4.69, 9.17) is 9.47 Å². The minimum atomic E-state index is -0.0975. The lowest BCUT2D eigenvalue weighted by Gasteiger charge is -2.24. The van der Waals surface area contributed by atoms with Crippen LogP contribution in [0.5, 0.6) is 11.5 Å². The molecule has 26 heavy (non-hydrogen) atoms. The van der Waals surface area contributed by atoms with Gasteiger partial charge in [-0.05, 0) is 29.8 Å². The number of aromatic amines is 1. The summed E-state index contributed by atoms with van der Waals surface area (Å²) in [7, 11) is 3.25. The monoisotopic (exact) mass is 369 g/mol. The molecule has 0 spiro atoms. The van der Waals surface area contributed by atoms with E-state index in [2.05, 4.69) is 9.97 Å². The molecule has 0 radical (unpaired) electrons. The quantitative estimate of drug-likeness (QED) is 0.747. The second kappa shape index (κ2) is 6.92. The van der Waals surface area contributed by atoms with Gasteiger partial charge in [0.2, 0.25) is 5.91 Å². The van der Waals surface area contributed by atoms with Gasteiger partial charge in [-0.15, -0.1) is 11.8 Å². The molecule has 1 aliphatic rings. The van der Waals surface area contributed by atoms with E-state index < -0.39 is 0 Å². The fourth-order valence-corrected chi connectivity index (χ4v) is 4.28. The number of nitrogens with zero attached hydrogens (tertiary/aromatic N) is 2. The van der Waals surface area contributed by atoms with Gasteiger partial charge < -0.3 is 19.4 Å². The number of ether oxygens (including phenoxy) is 2. The van der Waals surface area contributed by atoms with E-state index in [9.17, 15) is 4.79 Å². The van der Waals surface area contributed by atoms with Crippen molar-refractivity contribution in [2.24, 2.45) is 0 Å². The third-order valence-corrected chi connectivity index (χ3v) is 5.64. The number of imidazole rings is 1. The van der Waals surface area contributed by atoms with E-state index >= 15 is 0 Å². The molecule has 1 aromatic heterocycles. The van der Waals surface area contributed by atoms with Crippen LogP contribution in [0.4, 0.5) is 0 Å². The number of fused-ring (bicyclic) bond motifs is 1. The summed E-state index contributed by atoms with van der Waals surface area (Å²) >= 11 is 1.60. The number of amides is 1. The lowest BCUT2D eigenvalue weighted by molar-refractivity contribution is -0.128. The first-order chi connectivity index (χ1) is 12.7. The predicted octanol–water partition coefficient (Wildman–Crippen LogP) is 3.35. The second-order valence-electron chi connectivity index (χ2n) is 6.03. The van der Waals surface area contributed by atoms with Gasteiger partial charge in [0, 0.05) is 6.07 Å². The van der Waals surface area contributed by atoms with Crippen LogP contribution < -0.4 is 9.47 Å². The number of carbonyl (C=O) groups excluding carboxylic acids is 1. The number of para-hydroxylation sites is 2. The van der Waals surface area contributed by atoms with Crippen molar-refractivity contribution < 1.29 is 14.3 Å². The van der Waals surface area contributed by atoms with E-state index in [1.54, 1.807) is 26.0 Å². The maximum absolute atomic E-state index is 12.5. The van der Waals surface area contributed by atoms with Crippen molar-refractivity contribution in [3.63, 3.8) is 0 Å². The number of methoxy groups -OCH3 is 2. The summed E-state index contributed by atoms with van der Waals surface area (Å²) in [5, 5.41) is -0.0975. The van der Waals surface area contributed by atoms with Crippen molar-refractivity contribution in [3.05, 3.63) is 53.9 Å². The number of carbonyl (C=O) groups is 1. The van der Waals surface area contributed by atoms with Gasteiger partial charge in [-0.3, -0.25) is 4.79 Å². The molecule has 1 saturated heterocycles. The maximum Gasteiger partial charge on any atom is 0.234 e. The first kappa shape index (κ1) is 16.8. The Morgan fingerprint density at radius 3 is 2.62 bits per heavy atom. The van der Waals surface area contributed by atoms with Crippen LogP contribution in [0.1, 0.15) is 16.8 Å². The number of hydrogen-bond donors (Lipinski definition) is 1. The summed E-state index contributed by atoms with van der Waals surface area (Å²) in [6.45, 7) is 0.435. The van der Waals surface area contributed by atoms with E-state index in [0.29, 0.717) is 23.8 Å². The van der Waals surface area contributed by atoms with Gasteiger partial charge >= 0.3 is 0 Å². The minimum Gasteiger partial charge on any atom is -0.497 e. The van der Waals surface area contributed by atoms with Crippen molar-refractivity contribution >= 4 is 28.7 Å². The summed E-state index contributed by atoms with van der Waals surface area (Å²) in [6.07, 6.45) is 0. The highest BCUT2D eigenvalue weighted by atomic mass is 32.2. The molecule has 0 bridgehead atoms. The molecule has 1 amide bonds. The number of H-pyrrole nitrogens is 1. The molecule has 3 aromatic rings. The Hall–Kier alpha value is -2.67. The van der Waals surface area contributed by atoms with Crippen LogP contribution in [-0.4, -0.2) is 40.7 Å². The fraction of sp³-hybridized carbons (Fsp3) is 0.263. The molecular weight excluding hydrogens is 350 g/mol. The average molecular weight is 369 g/mol. The first-order valence-electron chi connectivity index (χ1n) is 8.25. The van der Waals surface area contributed by atoms with Gasteiger partial charge in [-0.25, -0.2) is 4.98 Å². The van der Waals surface area contributed by atoms with E-state index in [-0.39, 0.29) is 11.3 Å². The van der Waals surface area contributed by atoms with Crippen molar-refractivity contribution in [1.29, 1.82) is 0 Å². The molecule has 1 aliphatic heterocycles. The van der Waals surface area contributed by atoms with Crippen molar-refractivity contribution in [1.82, 2.24) is 14.9 Å². The topological polar surface area (TPSA) is 67.5 Å². The second-order valence-corrected chi connectivity index (χ2v) is 7.10. The third-order valence-electron chi connectivity index (χ3n) is 4.39. The molecule has 2 aromatic carbocycles. The zero-order valence-electron chi connectivity index (χ0n) is 14.6. The van der Waals surface area contributed by atoms with Gasteiger partial charge in [0.05, 0.1) is 37.6 Å². The molecule has 2 heterocycles. The summed E-state index contributed by atoms with van der Waals surface area (Å²) in [5.41, 5.74) is 2.86. The molecule has 6 nitrogen and oxygen atoms in total. The predicted molar refractivity (Wildman–Crippen MR) is 101 cm³/mol. The standard InChI is InChI=1S/C19H19N3O3S/c1-24-13-7-12(8-14(9-13)25-2)19-22(18(23)11-26-19)10-17-20-15-5-3-4-6-16(15)21-17/h3-9,19H,10-11H2,1-2H3,(H,20,21). The maximum atomic E-state index is 12.5. The number of hydrogen-bond acceptors (Lipinski definition) is 5. The summed E-state index contributed by atoms with van der Waals surface area (Å²) in [5.74, 6) is 2.75. The fourth-order valence-electron chi connectivity index (χ4n) is 3.12. The van der Waals surface area contributed by atoms with Crippen molar-refractivity contribution in [3.8, 4) is 11.5 Å². The number of nitrogens with one attached hydrogen (secondary N) is 1. The van der Waals surface area contributed by atoms with E-state index in [1.165, 1.54) is 0 Å². The van der Waals surface area contributed by atoms with Crippen molar-refractivity contribution in [2.45, 2.75) is 11.9 Å². The highest BCUT2D eigenvalue weighted by Crippen LogP contribution is 2.41. The van der Waals surface area contributed by atoms with Crippen molar-refractivity contribution in [2.75, 3.05) is 20.0 Å². The molecule has 0 saturated carbocycles. The average Bonchev–Trinajstić information content (AvgIpc) is 3.24. The minimum absolute atomic E-state index is 0.0975. The summed E-state index contributed by atoms with van der Waals surface area (Å²) in [4.78, 5) is 22.2. The molecule has 1 atom stereocenters. The normalized spacial score (nSPS) is 17.1. The Morgan fingerprint density at radius 2 is 1.92 bits per heavy atom. The summed E-state index contributed by atoms with van der Waals surface area (Å²) in [6, 6.07) is 13.6. The molecular formula is C19H19N3O3S. The molecule has 1 unspecified atom stereocenters. The number of aromatic nitrogens is 2. The van der Waals surface area contributed by atoms with Crippen LogP contribution in [0.2, 0.25) is 0 Å². The zero-order chi connectivity index (χ0) is 18.1. The highest BCUT2D eigenvalue weighted by molar-refractivity contribution is 8.00. The Kier molecular flexibility index (Phi) is 4.46. The van der Waals surface area contributed by atoms with Gasteiger partial charge in [-0.1, -0.05) is 12.1 Å². The van der Waals surface area contributed by atoms with Gasteiger partial charge in [0.15, 0.2) is 0 Å². The SMILES string of the molecule is COc1cc(OC)cc(C2SCC(=O)N2Cc2nc3ccccc3[nH]2)c1. The summed E-state index contributed by atoms with van der Waals surface area (Å²) < 4.78 is 10.7. The van der Waals surface area contributed by atoms with E-state index in [0.717, 1.165) is 22.4 Å². The third kappa shape index (κ3) is 3.10. The first-order valence-corrected chi connectivity index (χ1v) is 9.30. The molecule has 7 heteroatoms. The van der Waals surface area contributed by atoms with Gasteiger partial charge in [-0.2, -0.15) is 0 Å². The van der Waals surface area contributed by atoms with Crippen LogP contribution >= 0.6 is 11.8 Å². The van der Waals surface area contributed by atoms with Crippen LogP contribution in [0.15, 0.2) is 42.5 Å². The Morgan fingerprint density at radius 1 is 1.19 bits per heavy atom. The zero-order valence-corrected chi connectivity index (χ0v) is 15.4. The Labute approximate surface area is 155 Å². The van der Waals surface area contributed by atoms with Crippen LogP contribution in [-0.2, 0) is 11.3 Å². The lowest BCUT2D eigenvalue weighted by Crippen LogP contribution is -2.28. The molecule has 0 aliphatic carbocycles. The Bertz CT molecular complexity index is 901. The van der Waals surface area contributed by atoms with Gasteiger partial charge in [0.25, 0.3) is 0 Å². The Balaban J connectivity index is 1.65. The number of rotatable bonds is 5. The largest absolute Gasteiger partial charge is 0.497 e. The smallest absolute Gasteiger partial charge is 0.234 e. The molecule has 1 N–H and O–H groups in total. The van der Waals surface area contributed by atoms with Crippen LogP contribution in [0.3, 0.4) is 0 Å². The molecule has 4 rings (SSSR count).